The normalized spacial score (nSPS) is 32.9. The van der Waals surface area contributed by atoms with Crippen LogP contribution in [0.1, 0.15) is 52.4 Å². The maximum Gasteiger partial charge on any atom is 0.314 e. The third-order valence-electron chi connectivity index (χ3n) is 5.39. The Labute approximate surface area is 134 Å². The molecule has 0 aromatic heterocycles. The third kappa shape index (κ3) is 4.85. The Balaban J connectivity index is 1.64. The lowest BCUT2D eigenvalue weighted by molar-refractivity contribution is 0.00308. The lowest BCUT2D eigenvalue weighted by atomic mass is 9.73. The number of amides is 2. The van der Waals surface area contributed by atoms with Crippen molar-refractivity contribution in [2.75, 3.05) is 32.7 Å². The number of carbonyl (C=O) groups excluding carboxylic acids is 1. The number of nitrogens with zero attached hydrogens (tertiary/aromatic N) is 1. The van der Waals surface area contributed by atoms with Crippen molar-refractivity contribution in [3.05, 3.63) is 0 Å². The van der Waals surface area contributed by atoms with Crippen molar-refractivity contribution in [3.63, 3.8) is 0 Å². The van der Waals surface area contributed by atoms with E-state index in [9.17, 15) is 9.90 Å². The first-order valence-electron chi connectivity index (χ1n) is 8.95. The molecular formula is C17H33N3O2. The van der Waals surface area contributed by atoms with Gasteiger partial charge in [0.25, 0.3) is 0 Å². The summed E-state index contributed by atoms with van der Waals surface area (Å²) in [5.74, 6) is 0.577. The first kappa shape index (κ1) is 17.5. The molecule has 5 heteroatoms. The van der Waals surface area contributed by atoms with E-state index in [-0.39, 0.29) is 17.6 Å². The zero-order valence-electron chi connectivity index (χ0n) is 14.2. The Hall–Kier alpha value is -0.810. The fourth-order valence-electron chi connectivity index (χ4n) is 3.77. The number of aliphatic hydroxyl groups is 1. The van der Waals surface area contributed by atoms with E-state index in [1.54, 1.807) is 0 Å². The lowest BCUT2D eigenvalue weighted by Crippen LogP contribution is -2.48. The molecule has 0 spiro atoms. The van der Waals surface area contributed by atoms with Gasteiger partial charge in [0.15, 0.2) is 0 Å². The van der Waals surface area contributed by atoms with Crippen molar-refractivity contribution in [2.24, 2.45) is 11.3 Å². The number of carbonyl (C=O) groups is 1. The molecule has 2 fully saturated rings. The SMILES string of the molecule is CCCN1CCC(CNC(=O)NCC2(C)CCCCC2O)C1. The Morgan fingerprint density at radius 1 is 1.32 bits per heavy atom. The van der Waals surface area contributed by atoms with Gasteiger partial charge in [-0.1, -0.05) is 26.7 Å². The second kappa shape index (κ2) is 8.16. The largest absolute Gasteiger partial charge is 0.392 e. The molecule has 0 aromatic rings. The van der Waals surface area contributed by atoms with E-state index < -0.39 is 0 Å². The zero-order valence-corrected chi connectivity index (χ0v) is 14.2. The van der Waals surface area contributed by atoms with Gasteiger partial charge in [0, 0.05) is 25.0 Å². The number of hydrogen-bond donors (Lipinski definition) is 3. The molecule has 3 unspecified atom stereocenters. The Morgan fingerprint density at radius 2 is 2.14 bits per heavy atom. The van der Waals surface area contributed by atoms with Crippen molar-refractivity contribution in [2.45, 2.75) is 58.5 Å². The van der Waals surface area contributed by atoms with Crippen LogP contribution < -0.4 is 10.6 Å². The van der Waals surface area contributed by atoms with Crippen LogP contribution >= 0.6 is 0 Å². The molecular weight excluding hydrogens is 278 g/mol. The predicted octanol–water partition coefficient (Wildman–Crippen LogP) is 1.96. The van der Waals surface area contributed by atoms with E-state index in [0.717, 1.165) is 45.3 Å². The highest BCUT2D eigenvalue weighted by molar-refractivity contribution is 5.73. The molecule has 2 aliphatic rings. The number of urea groups is 1. The summed E-state index contributed by atoms with van der Waals surface area (Å²) in [7, 11) is 0. The minimum Gasteiger partial charge on any atom is -0.392 e. The van der Waals surface area contributed by atoms with Gasteiger partial charge in [0.05, 0.1) is 6.10 Å². The molecule has 0 bridgehead atoms. The van der Waals surface area contributed by atoms with Crippen LogP contribution in [0.5, 0.6) is 0 Å². The van der Waals surface area contributed by atoms with Gasteiger partial charge in [-0.25, -0.2) is 4.79 Å². The predicted molar refractivity (Wildman–Crippen MR) is 88.8 cm³/mol. The second-order valence-electron chi connectivity index (χ2n) is 7.43. The molecule has 22 heavy (non-hydrogen) atoms. The van der Waals surface area contributed by atoms with Gasteiger partial charge in [-0.05, 0) is 44.7 Å². The van der Waals surface area contributed by atoms with E-state index in [1.165, 1.54) is 19.4 Å². The molecule has 5 nitrogen and oxygen atoms in total. The van der Waals surface area contributed by atoms with Crippen molar-refractivity contribution >= 4 is 6.03 Å². The van der Waals surface area contributed by atoms with Crippen molar-refractivity contribution in [3.8, 4) is 0 Å². The highest BCUT2D eigenvalue weighted by Crippen LogP contribution is 2.35. The molecule has 1 heterocycles. The molecule has 0 radical (unpaired) electrons. The summed E-state index contributed by atoms with van der Waals surface area (Å²) in [6, 6.07) is -0.0899. The van der Waals surface area contributed by atoms with Gasteiger partial charge in [-0.3, -0.25) is 0 Å². The zero-order chi connectivity index (χ0) is 16.0. The van der Waals surface area contributed by atoms with E-state index in [4.69, 9.17) is 0 Å². The van der Waals surface area contributed by atoms with Gasteiger partial charge in [-0.15, -0.1) is 0 Å². The van der Waals surface area contributed by atoms with Gasteiger partial charge >= 0.3 is 6.03 Å². The van der Waals surface area contributed by atoms with Crippen LogP contribution in [-0.2, 0) is 0 Å². The van der Waals surface area contributed by atoms with Gasteiger partial charge in [0.1, 0.15) is 0 Å². The maximum atomic E-state index is 12.0. The monoisotopic (exact) mass is 311 g/mol. The molecule has 128 valence electrons. The lowest BCUT2D eigenvalue weighted by Gasteiger charge is -2.38. The maximum absolute atomic E-state index is 12.0. The van der Waals surface area contributed by atoms with Crippen molar-refractivity contribution in [1.82, 2.24) is 15.5 Å². The van der Waals surface area contributed by atoms with E-state index in [1.807, 2.05) is 0 Å². The summed E-state index contributed by atoms with van der Waals surface area (Å²) in [6.45, 7) is 9.03. The highest BCUT2D eigenvalue weighted by Gasteiger charge is 2.35. The molecule has 1 saturated heterocycles. The molecule has 0 aromatic carbocycles. The third-order valence-corrected chi connectivity index (χ3v) is 5.39. The fraction of sp³-hybridized carbons (Fsp3) is 0.941. The Kier molecular flexibility index (Phi) is 6.50. The van der Waals surface area contributed by atoms with E-state index >= 15 is 0 Å². The Bertz CT molecular complexity index is 364. The van der Waals surface area contributed by atoms with Crippen molar-refractivity contribution < 1.29 is 9.90 Å². The molecule has 3 N–H and O–H groups in total. The van der Waals surface area contributed by atoms with Gasteiger partial charge < -0.3 is 20.6 Å². The molecule has 1 aliphatic carbocycles. The topological polar surface area (TPSA) is 64.6 Å². The van der Waals surface area contributed by atoms with Crippen LogP contribution in [0, 0.1) is 11.3 Å². The minimum atomic E-state index is -0.293. The molecule has 1 aliphatic heterocycles. The summed E-state index contributed by atoms with van der Waals surface area (Å²) >= 11 is 0. The van der Waals surface area contributed by atoms with Crippen LogP contribution in [0.15, 0.2) is 0 Å². The molecule has 3 atom stereocenters. The second-order valence-corrected chi connectivity index (χ2v) is 7.43. The standard InChI is InChI=1S/C17H33N3O2/c1-3-9-20-10-7-14(12-20)11-18-16(22)19-13-17(2)8-5-4-6-15(17)21/h14-15,21H,3-13H2,1-2H3,(H2,18,19,22). The number of rotatable bonds is 6. The van der Waals surface area contributed by atoms with Gasteiger partial charge in [-0.2, -0.15) is 0 Å². The van der Waals surface area contributed by atoms with Crippen LogP contribution in [0.2, 0.25) is 0 Å². The number of likely N-dealkylation sites (tertiary alicyclic amines) is 1. The summed E-state index contributed by atoms with van der Waals surface area (Å²) in [4.78, 5) is 14.5. The quantitative estimate of drug-likeness (QED) is 0.702. The summed E-state index contributed by atoms with van der Waals surface area (Å²) in [5, 5.41) is 16.1. The first-order chi connectivity index (χ1) is 10.5. The van der Waals surface area contributed by atoms with Crippen LogP contribution in [0.25, 0.3) is 0 Å². The van der Waals surface area contributed by atoms with Crippen molar-refractivity contribution in [1.29, 1.82) is 0 Å². The van der Waals surface area contributed by atoms with Gasteiger partial charge in [0.2, 0.25) is 0 Å². The smallest absolute Gasteiger partial charge is 0.314 e. The summed E-state index contributed by atoms with van der Waals surface area (Å²) < 4.78 is 0. The van der Waals surface area contributed by atoms with Crippen LogP contribution in [0.4, 0.5) is 4.79 Å². The van der Waals surface area contributed by atoms with Crippen LogP contribution in [0.3, 0.4) is 0 Å². The van der Waals surface area contributed by atoms with E-state index in [0.29, 0.717) is 12.5 Å². The molecule has 2 rings (SSSR count). The molecule has 1 saturated carbocycles. The number of aliphatic hydroxyl groups excluding tert-OH is 1. The highest BCUT2D eigenvalue weighted by atomic mass is 16.3. The average Bonchev–Trinajstić information content (AvgIpc) is 2.94. The summed E-state index contributed by atoms with van der Waals surface area (Å²) in [5.41, 5.74) is -0.166. The fourth-order valence-corrected chi connectivity index (χ4v) is 3.77. The number of hydrogen-bond acceptors (Lipinski definition) is 3. The van der Waals surface area contributed by atoms with E-state index in [2.05, 4.69) is 29.4 Å². The summed E-state index contributed by atoms with van der Waals surface area (Å²) in [6.07, 6.45) is 6.17. The first-order valence-corrected chi connectivity index (χ1v) is 8.95. The Morgan fingerprint density at radius 3 is 2.86 bits per heavy atom. The minimum absolute atomic E-state index is 0.0899. The number of nitrogens with one attached hydrogen (secondary N) is 2. The molecule has 2 amide bonds. The average molecular weight is 311 g/mol. The van der Waals surface area contributed by atoms with Crippen LogP contribution in [-0.4, -0.2) is 54.9 Å².